The number of rotatable bonds is 5. The van der Waals surface area contributed by atoms with Crippen molar-refractivity contribution in [3.8, 4) is 23.3 Å². The maximum atomic E-state index is 14.3. The monoisotopic (exact) mass is 530 g/mol. The number of nitriles is 1. The first-order valence-corrected chi connectivity index (χ1v) is 11.0. The summed E-state index contributed by atoms with van der Waals surface area (Å²) in [6, 6.07) is 17.0. The van der Waals surface area contributed by atoms with E-state index in [9.17, 15) is 26.3 Å². The molecule has 0 aliphatic carbocycles. The van der Waals surface area contributed by atoms with Crippen molar-refractivity contribution < 1.29 is 40.6 Å². The number of fused-ring (bicyclic) bond motifs is 1. The fourth-order valence-electron chi connectivity index (χ4n) is 4.38. The van der Waals surface area contributed by atoms with Gasteiger partial charge in [0.25, 0.3) is 5.60 Å². The van der Waals surface area contributed by atoms with Crippen LogP contribution in [0.4, 0.5) is 26.3 Å². The topological polar surface area (TPSA) is 56.4 Å². The predicted molar refractivity (Wildman–Crippen MR) is 123 cm³/mol. The van der Waals surface area contributed by atoms with Crippen molar-refractivity contribution in [3.63, 3.8) is 0 Å². The summed E-state index contributed by atoms with van der Waals surface area (Å²) in [5, 5.41) is 9.24. The molecule has 1 atom stereocenters. The van der Waals surface area contributed by atoms with Crippen LogP contribution in [0.3, 0.4) is 0 Å². The highest BCUT2D eigenvalue weighted by molar-refractivity contribution is 5.87. The van der Waals surface area contributed by atoms with E-state index in [1.54, 1.807) is 41.0 Å². The molecule has 1 aliphatic rings. The number of halogens is 6. The van der Waals surface area contributed by atoms with Crippen LogP contribution in [-0.2, 0) is 21.3 Å². The third kappa shape index (κ3) is 3.89. The van der Waals surface area contributed by atoms with Crippen LogP contribution in [0.2, 0.25) is 0 Å². The molecule has 0 saturated heterocycles. The van der Waals surface area contributed by atoms with Gasteiger partial charge >= 0.3 is 12.4 Å². The number of nitrogens with zero attached hydrogens (tertiary/aromatic N) is 2. The molecular weight excluding hydrogens is 514 g/mol. The summed E-state index contributed by atoms with van der Waals surface area (Å²) in [5.74, 6) is -0.329. The maximum Gasteiger partial charge on any atom is 0.440 e. The summed E-state index contributed by atoms with van der Waals surface area (Å²) in [5.41, 5.74) is -3.64. The van der Waals surface area contributed by atoms with Gasteiger partial charge in [0.15, 0.2) is 5.76 Å². The largest absolute Gasteiger partial charge is 0.493 e. The van der Waals surface area contributed by atoms with Gasteiger partial charge in [0.2, 0.25) is 0 Å². The summed E-state index contributed by atoms with van der Waals surface area (Å²) < 4.78 is 99.6. The Balaban J connectivity index is 1.52. The molecule has 0 amide bonds. The highest BCUT2D eigenvalue weighted by Gasteiger charge is 2.67. The molecule has 194 valence electrons. The number of para-hydroxylation sites is 1. The zero-order chi connectivity index (χ0) is 27.3. The Bertz CT molecular complexity index is 1600. The van der Waals surface area contributed by atoms with E-state index in [-0.39, 0.29) is 22.8 Å². The molecule has 1 aliphatic heterocycles. The minimum atomic E-state index is -4.81. The molecule has 1 unspecified atom stereocenters. The molecule has 0 spiro atoms. The van der Waals surface area contributed by atoms with Crippen LogP contribution in [0.5, 0.6) is 11.5 Å². The minimum Gasteiger partial charge on any atom is -0.493 e. The van der Waals surface area contributed by atoms with Crippen LogP contribution < -0.4 is 4.74 Å². The molecule has 38 heavy (non-hydrogen) atoms. The van der Waals surface area contributed by atoms with E-state index in [2.05, 4.69) is 0 Å². The van der Waals surface area contributed by atoms with Gasteiger partial charge in [-0.2, -0.15) is 31.6 Å². The highest BCUT2D eigenvalue weighted by Crippen LogP contribution is 2.55. The first-order valence-electron chi connectivity index (χ1n) is 11.0. The summed E-state index contributed by atoms with van der Waals surface area (Å²) >= 11 is 0. The van der Waals surface area contributed by atoms with Crippen LogP contribution in [0.15, 0.2) is 84.9 Å². The summed E-state index contributed by atoms with van der Waals surface area (Å²) in [7, 11) is 1.14. The third-order valence-electron chi connectivity index (χ3n) is 6.17. The van der Waals surface area contributed by atoms with Crippen molar-refractivity contribution >= 4 is 10.9 Å². The Kier molecular flexibility index (Phi) is 5.78. The van der Waals surface area contributed by atoms with Crippen LogP contribution >= 0.6 is 0 Å². The second-order valence-electron chi connectivity index (χ2n) is 8.33. The van der Waals surface area contributed by atoms with Crippen LogP contribution in [0, 0.1) is 11.3 Å². The number of alkyl halides is 6. The van der Waals surface area contributed by atoms with Gasteiger partial charge < -0.3 is 18.8 Å². The van der Waals surface area contributed by atoms with Crippen molar-refractivity contribution in [1.29, 1.82) is 5.26 Å². The Morgan fingerprint density at radius 2 is 1.61 bits per heavy atom. The number of benzene rings is 3. The van der Waals surface area contributed by atoms with Crippen molar-refractivity contribution in [1.82, 2.24) is 4.57 Å². The fourth-order valence-corrected chi connectivity index (χ4v) is 4.38. The molecule has 0 N–H and O–H groups in total. The zero-order valence-corrected chi connectivity index (χ0v) is 19.4. The first kappa shape index (κ1) is 25.1. The Labute approximate surface area is 211 Å². The van der Waals surface area contributed by atoms with Crippen LogP contribution in [0.25, 0.3) is 16.6 Å². The molecule has 0 saturated carbocycles. The molecule has 11 heteroatoms. The molecule has 5 nitrogen and oxygen atoms in total. The second-order valence-corrected chi connectivity index (χ2v) is 8.33. The van der Waals surface area contributed by atoms with Gasteiger partial charge in [-0.25, -0.2) is 0 Å². The lowest BCUT2D eigenvalue weighted by molar-refractivity contribution is -0.284. The van der Waals surface area contributed by atoms with Gasteiger partial charge in [-0.05, 0) is 48.5 Å². The SMILES string of the molecule is COC1=COC1(c1cn(-c2ccc(Oc3ccc(C#N)c(C(F)(F)F)c3)cc2)c2ccccc12)C(F)(F)F. The van der Waals surface area contributed by atoms with Gasteiger partial charge in [0.1, 0.15) is 17.8 Å². The summed E-state index contributed by atoms with van der Waals surface area (Å²) in [6.45, 7) is 0. The van der Waals surface area contributed by atoms with Crippen molar-refractivity contribution in [2.45, 2.75) is 18.0 Å². The Morgan fingerprint density at radius 3 is 2.18 bits per heavy atom. The zero-order valence-electron chi connectivity index (χ0n) is 19.4. The Morgan fingerprint density at radius 1 is 0.921 bits per heavy atom. The minimum absolute atomic E-state index is 0.133. The third-order valence-corrected chi connectivity index (χ3v) is 6.17. The molecule has 0 bridgehead atoms. The first-order chi connectivity index (χ1) is 18.0. The molecule has 5 rings (SSSR count). The molecule has 3 aromatic carbocycles. The van der Waals surface area contributed by atoms with E-state index in [4.69, 9.17) is 19.5 Å². The number of hydrogen-bond acceptors (Lipinski definition) is 4. The van der Waals surface area contributed by atoms with Crippen LogP contribution in [0.1, 0.15) is 16.7 Å². The smallest absolute Gasteiger partial charge is 0.440 e. The van der Waals surface area contributed by atoms with Crippen molar-refractivity contribution in [3.05, 3.63) is 102 Å². The predicted octanol–water partition coefficient (Wildman–Crippen LogP) is 7.59. The van der Waals surface area contributed by atoms with Crippen LogP contribution in [-0.4, -0.2) is 17.9 Å². The van der Waals surface area contributed by atoms with E-state index >= 15 is 0 Å². The summed E-state index contributed by atoms with van der Waals surface area (Å²) in [4.78, 5) is 0. The van der Waals surface area contributed by atoms with E-state index in [0.717, 1.165) is 25.5 Å². The normalized spacial score (nSPS) is 17.3. The second kappa shape index (κ2) is 8.76. The van der Waals surface area contributed by atoms with Gasteiger partial charge in [0.05, 0.1) is 29.8 Å². The van der Waals surface area contributed by atoms with Gasteiger partial charge in [-0.15, -0.1) is 0 Å². The lowest BCUT2D eigenvalue weighted by atomic mass is 9.87. The van der Waals surface area contributed by atoms with E-state index < -0.39 is 29.1 Å². The maximum absolute atomic E-state index is 14.3. The van der Waals surface area contributed by atoms with Gasteiger partial charge in [0, 0.05) is 22.8 Å². The number of hydrogen-bond donors (Lipinski definition) is 0. The molecular formula is C27H16F6N2O3. The number of ether oxygens (including phenoxy) is 3. The molecule has 0 radical (unpaired) electrons. The quantitative estimate of drug-likeness (QED) is 0.250. The average Bonchev–Trinajstić information content (AvgIpc) is 3.22. The van der Waals surface area contributed by atoms with E-state index in [0.29, 0.717) is 16.6 Å². The highest BCUT2D eigenvalue weighted by atomic mass is 19.4. The van der Waals surface area contributed by atoms with E-state index in [1.807, 2.05) is 0 Å². The van der Waals surface area contributed by atoms with Gasteiger partial charge in [-0.3, -0.25) is 0 Å². The molecule has 4 aromatic rings. The van der Waals surface area contributed by atoms with Crippen molar-refractivity contribution in [2.24, 2.45) is 0 Å². The number of aromatic nitrogens is 1. The lowest BCUT2D eigenvalue weighted by Gasteiger charge is -2.41. The van der Waals surface area contributed by atoms with E-state index in [1.165, 1.54) is 30.5 Å². The molecule has 1 aromatic heterocycles. The lowest BCUT2D eigenvalue weighted by Crippen LogP contribution is -2.50. The fraction of sp³-hybridized carbons (Fsp3) is 0.148. The average molecular weight is 530 g/mol. The Hall–Kier alpha value is -4.59. The standard InChI is InChI=1S/C27H16F6N2O3/c1-36-24-15-37-25(24,27(31,32)33)22-14-35(23-5-3-2-4-20(22)23)17-7-10-18(11-8-17)38-19-9-6-16(13-34)21(12-19)26(28,29)30/h2-12,14-15H,1H3. The van der Waals surface area contributed by atoms with Gasteiger partial charge in [-0.1, -0.05) is 18.2 Å². The number of methoxy groups -OCH3 is 1. The molecule has 0 fully saturated rings. The van der Waals surface area contributed by atoms with Crippen molar-refractivity contribution in [2.75, 3.05) is 7.11 Å². The molecule has 2 heterocycles. The summed E-state index contributed by atoms with van der Waals surface area (Å²) in [6.07, 6.45) is -7.32.